The molecule has 1 unspecified atom stereocenters. The van der Waals surface area contributed by atoms with Gasteiger partial charge >= 0.3 is 0 Å². The van der Waals surface area contributed by atoms with Gasteiger partial charge in [-0.1, -0.05) is 6.92 Å². The van der Waals surface area contributed by atoms with Gasteiger partial charge in [-0.2, -0.15) is 0 Å². The molecule has 0 saturated heterocycles. The second-order valence-electron chi connectivity index (χ2n) is 2.92. The Bertz CT molecular complexity index is 75.5. The number of methoxy groups -OCH3 is 1. The molecular weight excluding hydrogens is 136 g/mol. The van der Waals surface area contributed by atoms with E-state index in [2.05, 4.69) is 6.92 Å². The van der Waals surface area contributed by atoms with Crippen molar-refractivity contribution >= 4 is 11.6 Å². The molecule has 0 heterocycles. The van der Waals surface area contributed by atoms with E-state index in [1.54, 1.807) is 7.11 Å². The smallest absolute Gasteiger partial charge is 0.0504 e. The van der Waals surface area contributed by atoms with Gasteiger partial charge in [0.2, 0.25) is 0 Å². The molecule has 1 atom stereocenters. The molecule has 0 bridgehead atoms. The van der Waals surface area contributed by atoms with Crippen LogP contribution < -0.4 is 0 Å². The summed E-state index contributed by atoms with van der Waals surface area (Å²) in [4.78, 5) is -0.143. The zero-order valence-electron chi connectivity index (χ0n) is 6.57. The number of hydrogen-bond donors (Lipinski definition) is 0. The van der Waals surface area contributed by atoms with Crippen molar-refractivity contribution in [2.45, 2.75) is 25.6 Å². The predicted octanol–water partition coefficient (Wildman–Crippen LogP) is 2.29. The van der Waals surface area contributed by atoms with Crippen LogP contribution in [0.2, 0.25) is 0 Å². The van der Waals surface area contributed by atoms with E-state index < -0.39 is 0 Å². The van der Waals surface area contributed by atoms with E-state index in [9.17, 15) is 0 Å². The Kier molecular flexibility index (Phi) is 3.52. The second-order valence-corrected chi connectivity index (χ2v) is 3.89. The van der Waals surface area contributed by atoms with E-state index in [1.165, 1.54) is 0 Å². The van der Waals surface area contributed by atoms with E-state index in [4.69, 9.17) is 16.3 Å². The van der Waals surface area contributed by atoms with Crippen molar-refractivity contribution < 1.29 is 4.74 Å². The average molecular weight is 151 g/mol. The molecule has 0 fully saturated rings. The third kappa shape index (κ3) is 3.77. The molecule has 0 radical (unpaired) electrons. The summed E-state index contributed by atoms with van der Waals surface area (Å²) < 4.78 is 4.95. The molecule has 0 aromatic rings. The van der Waals surface area contributed by atoms with Gasteiger partial charge in [0, 0.05) is 12.0 Å². The number of alkyl halides is 1. The molecule has 56 valence electrons. The summed E-state index contributed by atoms with van der Waals surface area (Å²) in [5.74, 6) is 0.407. The molecule has 0 spiro atoms. The zero-order chi connectivity index (χ0) is 7.49. The first-order valence-electron chi connectivity index (χ1n) is 3.16. The minimum Gasteiger partial charge on any atom is -0.384 e. The van der Waals surface area contributed by atoms with Gasteiger partial charge in [0.1, 0.15) is 0 Å². The number of halogens is 1. The fraction of sp³-hybridized carbons (Fsp3) is 1.00. The van der Waals surface area contributed by atoms with Gasteiger partial charge in [-0.3, -0.25) is 0 Å². The zero-order valence-corrected chi connectivity index (χ0v) is 7.33. The first-order valence-corrected chi connectivity index (χ1v) is 3.54. The Morgan fingerprint density at radius 1 is 1.56 bits per heavy atom. The molecule has 2 heteroatoms. The standard InChI is InChI=1S/C7H15ClO/c1-6(5-9-4)7(2,3)8/h6H,5H2,1-4H3. The van der Waals surface area contributed by atoms with Crippen molar-refractivity contribution in [3.63, 3.8) is 0 Å². The molecule has 0 aliphatic rings. The lowest BCUT2D eigenvalue weighted by molar-refractivity contribution is 0.145. The van der Waals surface area contributed by atoms with Crippen LogP contribution in [0.15, 0.2) is 0 Å². The number of rotatable bonds is 3. The van der Waals surface area contributed by atoms with Crippen molar-refractivity contribution in [2.75, 3.05) is 13.7 Å². The van der Waals surface area contributed by atoms with Crippen LogP contribution in [0.1, 0.15) is 20.8 Å². The van der Waals surface area contributed by atoms with Crippen molar-refractivity contribution in [3.8, 4) is 0 Å². The monoisotopic (exact) mass is 150 g/mol. The summed E-state index contributed by atoms with van der Waals surface area (Å²) in [6.45, 7) is 6.81. The lowest BCUT2D eigenvalue weighted by atomic mass is 9.98. The minimum atomic E-state index is -0.143. The Balaban J connectivity index is 3.59. The van der Waals surface area contributed by atoms with Crippen LogP contribution in [0.3, 0.4) is 0 Å². The summed E-state index contributed by atoms with van der Waals surface area (Å²) in [7, 11) is 1.69. The van der Waals surface area contributed by atoms with E-state index in [0.29, 0.717) is 5.92 Å². The van der Waals surface area contributed by atoms with Gasteiger partial charge in [-0.05, 0) is 19.8 Å². The first kappa shape index (κ1) is 9.25. The molecule has 0 N–H and O–H groups in total. The van der Waals surface area contributed by atoms with Crippen molar-refractivity contribution in [3.05, 3.63) is 0 Å². The molecule has 0 aromatic heterocycles. The predicted molar refractivity (Wildman–Crippen MR) is 41.0 cm³/mol. The van der Waals surface area contributed by atoms with Gasteiger partial charge in [0.05, 0.1) is 6.61 Å². The summed E-state index contributed by atoms with van der Waals surface area (Å²) >= 11 is 5.98. The summed E-state index contributed by atoms with van der Waals surface area (Å²) in [6, 6.07) is 0. The third-order valence-corrected chi connectivity index (χ3v) is 1.96. The third-order valence-electron chi connectivity index (χ3n) is 1.59. The van der Waals surface area contributed by atoms with Crippen LogP contribution in [-0.2, 0) is 4.74 Å². The van der Waals surface area contributed by atoms with Crippen molar-refractivity contribution in [1.29, 1.82) is 0 Å². The summed E-state index contributed by atoms with van der Waals surface area (Å²) in [6.07, 6.45) is 0. The van der Waals surface area contributed by atoms with Crippen LogP contribution in [0.4, 0.5) is 0 Å². The maximum absolute atomic E-state index is 5.98. The van der Waals surface area contributed by atoms with E-state index in [0.717, 1.165) is 6.61 Å². The quantitative estimate of drug-likeness (QED) is 0.561. The largest absolute Gasteiger partial charge is 0.384 e. The molecule has 9 heavy (non-hydrogen) atoms. The van der Waals surface area contributed by atoms with E-state index >= 15 is 0 Å². The van der Waals surface area contributed by atoms with Gasteiger partial charge in [0.25, 0.3) is 0 Å². The second kappa shape index (κ2) is 3.43. The first-order chi connectivity index (χ1) is 3.98. The van der Waals surface area contributed by atoms with E-state index in [-0.39, 0.29) is 4.87 Å². The van der Waals surface area contributed by atoms with Crippen LogP contribution in [0, 0.1) is 5.92 Å². The average Bonchev–Trinajstić information content (AvgIpc) is 1.64. The fourth-order valence-electron chi connectivity index (χ4n) is 0.448. The minimum absolute atomic E-state index is 0.143. The highest BCUT2D eigenvalue weighted by atomic mass is 35.5. The Hall–Kier alpha value is 0.250. The van der Waals surface area contributed by atoms with Crippen molar-refractivity contribution in [1.82, 2.24) is 0 Å². The van der Waals surface area contributed by atoms with Crippen LogP contribution >= 0.6 is 11.6 Å². The maximum Gasteiger partial charge on any atom is 0.0504 e. The van der Waals surface area contributed by atoms with Gasteiger partial charge in [0.15, 0.2) is 0 Å². The molecule has 0 rings (SSSR count). The number of ether oxygens (including phenoxy) is 1. The Labute approximate surface area is 62.3 Å². The van der Waals surface area contributed by atoms with E-state index in [1.807, 2.05) is 13.8 Å². The van der Waals surface area contributed by atoms with Crippen LogP contribution in [0.25, 0.3) is 0 Å². The van der Waals surface area contributed by atoms with Crippen LogP contribution in [0.5, 0.6) is 0 Å². The van der Waals surface area contributed by atoms with Gasteiger partial charge < -0.3 is 4.74 Å². The molecule has 0 amide bonds. The highest BCUT2D eigenvalue weighted by molar-refractivity contribution is 6.23. The molecular formula is C7H15ClO. The summed E-state index contributed by atoms with van der Waals surface area (Å²) in [5, 5.41) is 0. The topological polar surface area (TPSA) is 9.23 Å². The highest BCUT2D eigenvalue weighted by Crippen LogP contribution is 2.23. The Morgan fingerprint density at radius 3 is 2.11 bits per heavy atom. The fourth-order valence-corrected chi connectivity index (χ4v) is 0.511. The van der Waals surface area contributed by atoms with Crippen molar-refractivity contribution in [2.24, 2.45) is 5.92 Å². The summed E-state index contributed by atoms with van der Waals surface area (Å²) in [5.41, 5.74) is 0. The molecule has 0 saturated carbocycles. The Morgan fingerprint density at radius 2 is 2.00 bits per heavy atom. The highest BCUT2D eigenvalue weighted by Gasteiger charge is 2.21. The molecule has 0 aromatic carbocycles. The van der Waals surface area contributed by atoms with Gasteiger partial charge in [-0.15, -0.1) is 11.6 Å². The molecule has 0 aliphatic carbocycles. The molecule has 1 nitrogen and oxygen atoms in total. The lowest BCUT2D eigenvalue weighted by Crippen LogP contribution is -2.25. The normalized spacial score (nSPS) is 15.7. The van der Waals surface area contributed by atoms with Crippen LogP contribution in [-0.4, -0.2) is 18.6 Å². The lowest BCUT2D eigenvalue weighted by Gasteiger charge is -2.23. The SMILES string of the molecule is COCC(C)C(C)(C)Cl. The molecule has 0 aliphatic heterocycles. The maximum atomic E-state index is 5.98. The number of hydrogen-bond acceptors (Lipinski definition) is 1. The van der Waals surface area contributed by atoms with Gasteiger partial charge in [-0.25, -0.2) is 0 Å².